The van der Waals surface area contributed by atoms with Crippen LogP contribution in [0.3, 0.4) is 0 Å². The van der Waals surface area contributed by atoms with E-state index in [0.29, 0.717) is 13.1 Å². The van der Waals surface area contributed by atoms with Crippen molar-refractivity contribution in [3.05, 3.63) is 48.0 Å². The van der Waals surface area contributed by atoms with Crippen molar-refractivity contribution >= 4 is 6.03 Å². The summed E-state index contributed by atoms with van der Waals surface area (Å²) < 4.78 is 7.34. The monoisotopic (exact) mass is 344 g/mol. The number of imidazole rings is 1. The van der Waals surface area contributed by atoms with Gasteiger partial charge in [0.2, 0.25) is 0 Å². The Bertz CT molecular complexity index is 694. The predicted molar refractivity (Wildman–Crippen MR) is 98.7 cm³/mol. The lowest BCUT2D eigenvalue weighted by Gasteiger charge is -2.28. The van der Waals surface area contributed by atoms with Gasteiger partial charge in [0, 0.05) is 31.0 Å². The summed E-state index contributed by atoms with van der Waals surface area (Å²) in [5.74, 6) is 1.69. The summed E-state index contributed by atoms with van der Waals surface area (Å²) in [6.45, 7) is 9.09. The van der Waals surface area contributed by atoms with Crippen LogP contribution in [0.4, 0.5) is 4.79 Å². The molecule has 2 amide bonds. The number of hydrogen-bond donors (Lipinski definition) is 1. The number of carbonyl (C=O) groups is 1. The Labute approximate surface area is 149 Å². The molecule has 6 heteroatoms. The molecule has 136 valence electrons. The Morgan fingerprint density at radius 2 is 2.08 bits per heavy atom. The zero-order valence-electron chi connectivity index (χ0n) is 15.7. The van der Waals surface area contributed by atoms with E-state index in [2.05, 4.69) is 20.9 Å². The fraction of sp³-hybridized carbons (Fsp3) is 0.474. The summed E-state index contributed by atoms with van der Waals surface area (Å²) in [5, 5.41) is 2.95. The smallest absolute Gasteiger partial charge is 0.318 e. The third kappa shape index (κ3) is 5.24. The zero-order chi connectivity index (χ0) is 18.4. The number of carbonyl (C=O) groups excluding carboxylic acids is 1. The van der Waals surface area contributed by atoms with Crippen LogP contribution in [0.2, 0.25) is 0 Å². The van der Waals surface area contributed by atoms with Crippen LogP contribution in [0.15, 0.2) is 36.7 Å². The first-order chi connectivity index (χ1) is 11.9. The molecule has 2 aromatic rings. The molecule has 0 atom stereocenters. The number of rotatable bonds is 7. The maximum absolute atomic E-state index is 12.4. The highest BCUT2D eigenvalue weighted by Crippen LogP contribution is 2.15. The van der Waals surface area contributed by atoms with Crippen LogP contribution < -0.4 is 10.1 Å². The lowest BCUT2D eigenvalue weighted by atomic mass is 10.2. The molecule has 0 saturated carbocycles. The van der Waals surface area contributed by atoms with Gasteiger partial charge in [-0.3, -0.25) is 0 Å². The number of urea groups is 1. The second-order valence-electron chi connectivity index (χ2n) is 6.65. The number of nitrogens with one attached hydrogen (secondary N) is 1. The van der Waals surface area contributed by atoms with Gasteiger partial charge in [0.15, 0.2) is 0 Å². The van der Waals surface area contributed by atoms with E-state index in [0.717, 1.165) is 17.1 Å². The topological polar surface area (TPSA) is 59.4 Å². The number of amides is 2. The second kappa shape index (κ2) is 8.55. The zero-order valence-corrected chi connectivity index (χ0v) is 15.7. The molecule has 0 aliphatic heterocycles. The Morgan fingerprint density at radius 1 is 1.32 bits per heavy atom. The maximum atomic E-state index is 12.4. The molecule has 0 unspecified atom stereocenters. The Hall–Kier alpha value is -2.50. The van der Waals surface area contributed by atoms with Crippen LogP contribution >= 0.6 is 0 Å². The summed E-state index contributed by atoms with van der Waals surface area (Å²) >= 11 is 0. The van der Waals surface area contributed by atoms with Crippen LogP contribution in [0.25, 0.3) is 0 Å². The van der Waals surface area contributed by atoms with Gasteiger partial charge in [0.05, 0.1) is 13.7 Å². The molecule has 0 saturated heterocycles. The van der Waals surface area contributed by atoms with Gasteiger partial charge < -0.3 is 19.5 Å². The number of methoxy groups -OCH3 is 1. The molecule has 0 radical (unpaired) electrons. The molecule has 0 aliphatic rings. The van der Waals surface area contributed by atoms with E-state index in [1.54, 1.807) is 18.2 Å². The number of aromatic nitrogens is 2. The maximum Gasteiger partial charge on any atom is 0.318 e. The van der Waals surface area contributed by atoms with Crippen molar-refractivity contribution in [2.24, 2.45) is 0 Å². The number of benzene rings is 1. The van der Waals surface area contributed by atoms with Crippen molar-refractivity contribution in [1.29, 1.82) is 0 Å². The average Bonchev–Trinajstić information content (AvgIpc) is 2.98. The summed E-state index contributed by atoms with van der Waals surface area (Å²) in [7, 11) is 1.66. The second-order valence-corrected chi connectivity index (χ2v) is 6.65. The van der Waals surface area contributed by atoms with Crippen molar-refractivity contribution in [3.8, 4) is 5.75 Å². The SMILES string of the molecule is COc1cccc(Cn2ccnc2CN(C(=O)NC(C)C)C(C)C)c1. The fourth-order valence-corrected chi connectivity index (χ4v) is 2.57. The van der Waals surface area contributed by atoms with Gasteiger partial charge in [-0.25, -0.2) is 9.78 Å². The molecule has 1 heterocycles. The molecule has 0 bridgehead atoms. The molecule has 1 aromatic carbocycles. The van der Waals surface area contributed by atoms with Gasteiger partial charge in [-0.1, -0.05) is 12.1 Å². The van der Waals surface area contributed by atoms with E-state index >= 15 is 0 Å². The molecule has 6 nitrogen and oxygen atoms in total. The largest absolute Gasteiger partial charge is 0.497 e. The van der Waals surface area contributed by atoms with Crippen molar-refractivity contribution < 1.29 is 9.53 Å². The third-order valence-electron chi connectivity index (χ3n) is 3.90. The fourth-order valence-electron chi connectivity index (χ4n) is 2.57. The van der Waals surface area contributed by atoms with Gasteiger partial charge in [0.1, 0.15) is 11.6 Å². The van der Waals surface area contributed by atoms with Crippen LogP contribution in [0, 0.1) is 0 Å². The van der Waals surface area contributed by atoms with E-state index in [1.165, 1.54) is 0 Å². The summed E-state index contributed by atoms with van der Waals surface area (Å²) in [5.41, 5.74) is 1.13. The van der Waals surface area contributed by atoms with E-state index < -0.39 is 0 Å². The lowest BCUT2D eigenvalue weighted by Crippen LogP contribution is -2.46. The van der Waals surface area contributed by atoms with Crippen LogP contribution in [-0.2, 0) is 13.1 Å². The van der Waals surface area contributed by atoms with Crippen LogP contribution in [0.5, 0.6) is 5.75 Å². The van der Waals surface area contributed by atoms with Crippen molar-refractivity contribution in [2.45, 2.75) is 52.9 Å². The van der Waals surface area contributed by atoms with Gasteiger partial charge >= 0.3 is 6.03 Å². The summed E-state index contributed by atoms with van der Waals surface area (Å²) in [4.78, 5) is 18.7. The molecule has 25 heavy (non-hydrogen) atoms. The highest BCUT2D eigenvalue weighted by molar-refractivity contribution is 5.74. The Balaban J connectivity index is 2.15. The summed E-state index contributed by atoms with van der Waals surface area (Å²) in [6, 6.07) is 8.08. The van der Waals surface area contributed by atoms with E-state index in [1.807, 2.05) is 52.1 Å². The highest BCUT2D eigenvalue weighted by Gasteiger charge is 2.20. The molecule has 0 fully saturated rings. The first kappa shape index (κ1) is 18.8. The highest BCUT2D eigenvalue weighted by atomic mass is 16.5. The normalized spacial score (nSPS) is 11.0. The molecule has 0 spiro atoms. The molecule has 2 rings (SSSR count). The minimum absolute atomic E-state index is 0.0686. The summed E-state index contributed by atoms with van der Waals surface area (Å²) in [6.07, 6.45) is 3.71. The molecule has 1 aromatic heterocycles. The first-order valence-corrected chi connectivity index (χ1v) is 8.60. The van der Waals surface area contributed by atoms with E-state index in [9.17, 15) is 4.79 Å². The molecular weight excluding hydrogens is 316 g/mol. The first-order valence-electron chi connectivity index (χ1n) is 8.60. The van der Waals surface area contributed by atoms with Gasteiger partial charge in [-0.05, 0) is 45.4 Å². The number of ether oxygens (including phenoxy) is 1. The standard InChI is InChI=1S/C19H28N4O2/c1-14(2)21-19(24)23(15(3)4)13-18-20-9-10-22(18)12-16-7-6-8-17(11-16)25-5/h6-11,14-15H,12-13H2,1-5H3,(H,21,24). The third-order valence-corrected chi connectivity index (χ3v) is 3.90. The minimum atomic E-state index is -0.0686. The number of nitrogens with zero attached hydrogens (tertiary/aromatic N) is 3. The molecule has 0 aliphatic carbocycles. The van der Waals surface area contributed by atoms with Gasteiger partial charge in [-0.15, -0.1) is 0 Å². The quantitative estimate of drug-likeness (QED) is 0.838. The average molecular weight is 344 g/mol. The number of hydrogen-bond acceptors (Lipinski definition) is 3. The van der Waals surface area contributed by atoms with Gasteiger partial charge in [-0.2, -0.15) is 0 Å². The van der Waals surface area contributed by atoms with Crippen molar-refractivity contribution in [3.63, 3.8) is 0 Å². The molecular formula is C19H28N4O2. The van der Waals surface area contributed by atoms with E-state index in [-0.39, 0.29) is 18.1 Å². The van der Waals surface area contributed by atoms with Gasteiger partial charge in [0.25, 0.3) is 0 Å². The minimum Gasteiger partial charge on any atom is -0.497 e. The lowest BCUT2D eigenvalue weighted by molar-refractivity contribution is 0.174. The Morgan fingerprint density at radius 3 is 2.72 bits per heavy atom. The molecule has 1 N–H and O–H groups in total. The van der Waals surface area contributed by atoms with Crippen LogP contribution in [-0.4, -0.2) is 39.7 Å². The van der Waals surface area contributed by atoms with Crippen LogP contribution in [0.1, 0.15) is 39.1 Å². The Kier molecular flexibility index (Phi) is 6.44. The van der Waals surface area contributed by atoms with E-state index in [4.69, 9.17) is 4.74 Å². The van der Waals surface area contributed by atoms with Crippen molar-refractivity contribution in [2.75, 3.05) is 7.11 Å². The van der Waals surface area contributed by atoms with Crippen molar-refractivity contribution in [1.82, 2.24) is 19.8 Å². The predicted octanol–water partition coefficient (Wildman–Crippen LogP) is 3.27.